The number of esters is 1. The van der Waals surface area contributed by atoms with Gasteiger partial charge in [0.1, 0.15) is 0 Å². The van der Waals surface area contributed by atoms with Gasteiger partial charge in [0.15, 0.2) is 0 Å². The second-order valence-electron chi connectivity index (χ2n) is 4.52. The smallest absolute Gasteiger partial charge is 0.313 e. The Morgan fingerprint density at radius 1 is 1.53 bits per heavy atom. The maximum Gasteiger partial charge on any atom is 0.313 e. The summed E-state index contributed by atoms with van der Waals surface area (Å²) in [5.41, 5.74) is -0.503. The molecular formula is C12H19NO2. The van der Waals surface area contributed by atoms with Crippen molar-refractivity contribution in [1.82, 2.24) is 0 Å². The summed E-state index contributed by atoms with van der Waals surface area (Å²) in [7, 11) is 0. The average Bonchev–Trinajstić information content (AvgIpc) is 2.22. The molecule has 3 heteroatoms. The molecule has 84 valence electrons. The third-order valence-corrected chi connectivity index (χ3v) is 3.36. The molecule has 0 aromatic rings. The highest BCUT2D eigenvalue weighted by atomic mass is 16.5. The quantitative estimate of drug-likeness (QED) is 0.671. The van der Waals surface area contributed by atoms with E-state index >= 15 is 0 Å². The van der Waals surface area contributed by atoms with Gasteiger partial charge in [-0.05, 0) is 38.5 Å². The lowest BCUT2D eigenvalue weighted by Gasteiger charge is -2.35. The van der Waals surface area contributed by atoms with Crippen LogP contribution in [0.2, 0.25) is 0 Å². The van der Waals surface area contributed by atoms with Crippen molar-refractivity contribution in [1.29, 1.82) is 5.26 Å². The summed E-state index contributed by atoms with van der Waals surface area (Å²) < 4.78 is 5.08. The lowest BCUT2D eigenvalue weighted by molar-refractivity contribution is -0.157. The molecule has 0 saturated heterocycles. The number of rotatable bonds is 3. The van der Waals surface area contributed by atoms with Gasteiger partial charge < -0.3 is 4.74 Å². The van der Waals surface area contributed by atoms with E-state index < -0.39 is 5.41 Å². The Morgan fingerprint density at radius 3 is 2.60 bits per heavy atom. The lowest BCUT2D eigenvalue weighted by Crippen LogP contribution is -2.36. The highest BCUT2D eigenvalue weighted by Gasteiger charge is 2.42. The second kappa shape index (κ2) is 5.16. The fourth-order valence-electron chi connectivity index (χ4n) is 2.20. The van der Waals surface area contributed by atoms with Crippen LogP contribution in [0, 0.1) is 22.7 Å². The first kappa shape index (κ1) is 12.0. The third kappa shape index (κ3) is 2.71. The van der Waals surface area contributed by atoms with Crippen LogP contribution >= 0.6 is 0 Å². The molecule has 0 aromatic carbocycles. The molecule has 1 saturated carbocycles. The van der Waals surface area contributed by atoms with Crippen molar-refractivity contribution in [3.8, 4) is 6.07 Å². The molecule has 1 aliphatic rings. The Labute approximate surface area is 91.4 Å². The minimum Gasteiger partial charge on any atom is -0.466 e. The Balaban J connectivity index is 2.71. The van der Waals surface area contributed by atoms with Crippen LogP contribution in [0.3, 0.4) is 0 Å². The zero-order valence-corrected chi connectivity index (χ0v) is 9.58. The molecule has 0 atom stereocenters. The molecule has 3 nitrogen and oxygen atoms in total. The van der Waals surface area contributed by atoms with E-state index in [2.05, 4.69) is 13.0 Å². The average molecular weight is 209 g/mol. The van der Waals surface area contributed by atoms with E-state index in [4.69, 9.17) is 10.00 Å². The topological polar surface area (TPSA) is 50.1 Å². The molecule has 0 spiro atoms. The number of nitriles is 1. The zero-order chi connectivity index (χ0) is 11.3. The van der Waals surface area contributed by atoms with Crippen molar-refractivity contribution >= 4 is 5.97 Å². The number of hydrogen-bond donors (Lipinski definition) is 0. The SMILES string of the molecule is CCOC(=O)C1(CC#N)CCC(C)CC1. The van der Waals surface area contributed by atoms with Crippen LogP contribution in [0.15, 0.2) is 0 Å². The molecule has 0 aromatic heterocycles. The van der Waals surface area contributed by atoms with E-state index in [1.807, 2.05) is 6.92 Å². The number of ether oxygens (including phenoxy) is 1. The van der Waals surface area contributed by atoms with Gasteiger partial charge in [-0.2, -0.15) is 5.26 Å². The van der Waals surface area contributed by atoms with E-state index in [-0.39, 0.29) is 5.97 Å². The molecule has 0 heterocycles. The molecule has 0 amide bonds. The van der Waals surface area contributed by atoms with Gasteiger partial charge in [0.05, 0.1) is 24.5 Å². The monoisotopic (exact) mass is 209 g/mol. The van der Waals surface area contributed by atoms with E-state index in [1.54, 1.807) is 0 Å². The molecule has 1 fully saturated rings. The molecule has 0 unspecified atom stereocenters. The van der Waals surface area contributed by atoms with Gasteiger partial charge in [0, 0.05) is 0 Å². The lowest BCUT2D eigenvalue weighted by atomic mass is 9.69. The van der Waals surface area contributed by atoms with E-state index in [1.165, 1.54) is 0 Å². The number of carbonyl (C=O) groups is 1. The van der Waals surface area contributed by atoms with Crippen LogP contribution in [-0.2, 0) is 9.53 Å². The Hall–Kier alpha value is -1.04. The number of hydrogen-bond acceptors (Lipinski definition) is 3. The Morgan fingerprint density at radius 2 is 2.13 bits per heavy atom. The molecule has 0 N–H and O–H groups in total. The summed E-state index contributed by atoms with van der Waals surface area (Å²) in [5.74, 6) is 0.504. The van der Waals surface area contributed by atoms with Crippen molar-refractivity contribution in [3.05, 3.63) is 0 Å². The fourth-order valence-corrected chi connectivity index (χ4v) is 2.20. The van der Waals surface area contributed by atoms with Crippen molar-refractivity contribution in [2.24, 2.45) is 11.3 Å². The van der Waals surface area contributed by atoms with E-state index in [9.17, 15) is 4.79 Å². The molecule has 1 rings (SSSR count). The predicted octanol–water partition coefficient (Wildman–Crippen LogP) is 2.66. The fraction of sp³-hybridized carbons (Fsp3) is 0.833. The highest BCUT2D eigenvalue weighted by molar-refractivity contribution is 5.77. The molecule has 1 aliphatic carbocycles. The van der Waals surface area contributed by atoms with Crippen LogP contribution in [0.25, 0.3) is 0 Å². The minimum absolute atomic E-state index is 0.168. The molecule has 0 aliphatic heterocycles. The maximum atomic E-state index is 11.8. The van der Waals surface area contributed by atoms with Gasteiger partial charge in [-0.15, -0.1) is 0 Å². The normalized spacial score (nSPS) is 30.6. The van der Waals surface area contributed by atoms with Crippen molar-refractivity contribution in [2.75, 3.05) is 6.61 Å². The van der Waals surface area contributed by atoms with Gasteiger partial charge in [0.25, 0.3) is 0 Å². The van der Waals surface area contributed by atoms with Crippen molar-refractivity contribution in [2.45, 2.75) is 46.0 Å². The maximum absolute atomic E-state index is 11.8. The van der Waals surface area contributed by atoms with Gasteiger partial charge in [-0.1, -0.05) is 6.92 Å². The van der Waals surface area contributed by atoms with Gasteiger partial charge >= 0.3 is 5.97 Å². The molecular weight excluding hydrogens is 190 g/mol. The van der Waals surface area contributed by atoms with Gasteiger partial charge in [-0.25, -0.2) is 0 Å². The van der Waals surface area contributed by atoms with Gasteiger partial charge in [-0.3, -0.25) is 4.79 Å². The van der Waals surface area contributed by atoms with Crippen molar-refractivity contribution in [3.63, 3.8) is 0 Å². The van der Waals surface area contributed by atoms with Crippen molar-refractivity contribution < 1.29 is 9.53 Å². The summed E-state index contributed by atoms with van der Waals surface area (Å²) >= 11 is 0. The minimum atomic E-state index is -0.503. The Bertz CT molecular complexity index is 259. The molecule has 0 bridgehead atoms. The molecule has 15 heavy (non-hydrogen) atoms. The van der Waals surface area contributed by atoms with E-state index in [0.29, 0.717) is 18.9 Å². The van der Waals surface area contributed by atoms with Crippen LogP contribution < -0.4 is 0 Å². The van der Waals surface area contributed by atoms with E-state index in [0.717, 1.165) is 25.7 Å². The largest absolute Gasteiger partial charge is 0.466 e. The van der Waals surface area contributed by atoms with Crippen LogP contribution in [-0.4, -0.2) is 12.6 Å². The highest BCUT2D eigenvalue weighted by Crippen LogP contribution is 2.42. The second-order valence-corrected chi connectivity index (χ2v) is 4.52. The third-order valence-electron chi connectivity index (χ3n) is 3.36. The summed E-state index contributed by atoms with van der Waals surface area (Å²) in [6.45, 7) is 4.41. The van der Waals surface area contributed by atoms with Crippen LogP contribution in [0.5, 0.6) is 0 Å². The summed E-state index contributed by atoms with van der Waals surface area (Å²) in [5, 5.41) is 8.81. The first-order chi connectivity index (χ1) is 7.14. The van der Waals surface area contributed by atoms with Gasteiger partial charge in [0.2, 0.25) is 0 Å². The number of carbonyl (C=O) groups excluding carboxylic acids is 1. The first-order valence-corrected chi connectivity index (χ1v) is 5.69. The molecule has 0 radical (unpaired) electrons. The number of nitrogens with zero attached hydrogens (tertiary/aromatic N) is 1. The van der Waals surface area contributed by atoms with Crippen LogP contribution in [0.4, 0.5) is 0 Å². The summed E-state index contributed by atoms with van der Waals surface area (Å²) in [6.07, 6.45) is 3.97. The standard InChI is InChI=1S/C12H19NO2/c1-3-15-11(14)12(8-9-13)6-4-10(2)5-7-12/h10H,3-8H2,1-2H3. The Kier molecular flexibility index (Phi) is 4.14. The summed E-state index contributed by atoms with van der Waals surface area (Å²) in [4.78, 5) is 11.8. The predicted molar refractivity (Wildman–Crippen MR) is 56.9 cm³/mol. The zero-order valence-electron chi connectivity index (χ0n) is 9.58. The first-order valence-electron chi connectivity index (χ1n) is 5.69. The van der Waals surface area contributed by atoms with Crippen LogP contribution in [0.1, 0.15) is 46.0 Å². The summed E-state index contributed by atoms with van der Waals surface area (Å²) in [6, 6.07) is 2.13.